The highest BCUT2D eigenvalue weighted by molar-refractivity contribution is 6.11. The third-order valence-corrected chi connectivity index (χ3v) is 5.92. The molecule has 2 aromatic rings. The number of hydrogen-bond donors (Lipinski definition) is 0. The molecule has 5 nitrogen and oxygen atoms in total. The molecule has 0 unspecified atom stereocenters. The third kappa shape index (κ3) is 3.27. The van der Waals surface area contributed by atoms with Crippen LogP contribution in [-0.2, 0) is 4.79 Å². The summed E-state index contributed by atoms with van der Waals surface area (Å²) in [7, 11) is 4.01. The van der Waals surface area contributed by atoms with Crippen molar-refractivity contribution in [3.8, 4) is 0 Å². The standard InChI is InChI=1S/C22H27N3O2/c1-23(2)20-12-11-19(17-9-5-6-10-18(17)20)22(27)24-13-14-25(21(26)15-24)16-7-3-4-8-16/h5-6,9-12,16H,3-4,7-8,13-15H2,1-2H3. The van der Waals surface area contributed by atoms with Crippen LogP contribution in [0.5, 0.6) is 0 Å². The Morgan fingerprint density at radius 2 is 1.70 bits per heavy atom. The van der Waals surface area contributed by atoms with Crippen LogP contribution < -0.4 is 4.90 Å². The van der Waals surface area contributed by atoms with E-state index < -0.39 is 0 Å². The summed E-state index contributed by atoms with van der Waals surface area (Å²) in [5, 5.41) is 2.00. The molecule has 1 saturated heterocycles. The Morgan fingerprint density at radius 3 is 2.37 bits per heavy atom. The van der Waals surface area contributed by atoms with E-state index in [2.05, 4.69) is 4.90 Å². The highest BCUT2D eigenvalue weighted by Gasteiger charge is 2.33. The van der Waals surface area contributed by atoms with Crippen LogP contribution in [0.1, 0.15) is 36.0 Å². The lowest BCUT2D eigenvalue weighted by Crippen LogP contribution is -2.54. The lowest BCUT2D eigenvalue weighted by molar-refractivity contribution is -0.137. The maximum atomic E-state index is 13.2. The van der Waals surface area contributed by atoms with Crippen LogP contribution in [0.3, 0.4) is 0 Å². The number of amides is 2. The summed E-state index contributed by atoms with van der Waals surface area (Å²) in [5.74, 6) is 0.0478. The highest BCUT2D eigenvalue weighted by atomic mass is 16.2. The van der Waals surface area contributed by atoms with Crippen molar-refractivity contribution in [2.75, 3.05) is 38.6 Å². The number of nitrogens with zero attached hydrogens (tertiary/aromatic N) is 3. The zero-order chi connectivity index (χ0) is 19.0. The lowest BCUT2D eigenvalue weighted by Gasteiger charge is -2.38. The molecule has 0 aromatic heterocycles. The molecule has 0 atom stereocenters. The topological polar surface area (TPSA) is 43.9 Å². The van der Waals surface area contributed by atoms with E-state index in [4.69, 9.17) is 0 Å². The molecule has 0 N–H and O–H groups in total. The first-order valence-corrected chi connectivity index (χ1v) is 9.84. The van der Waals surface area contributed by atoms with Crippen molar-refractivity contribution in [2.45, 2.75) is 31.7 Å². The molecule has 2 aliphatic rings. The van der Waals surface area contributed by atoms with Crippen LogP contribution in [0.25, 0.3) is 10.8 Å². The van der Waals surface area contributed by atoms with Gasteiger partial charge in [-0.3, -0.25) is 9.59 Å². The van der Waals surface area contributed by atoms with Crippen molar-refractivity contribution in [1.82, 2.24) is 9.80 Å². The van der Waals surface area contributed by atoms with Gasteiger partial charge < -0.3 is 14.7 Å². The summed E-state index contributed by atoms with van der Waals surface area (Å²) < 4.78 is 0. The van der Waals surface area contributed by atoms with E-state index in [1.165, 1.54) is 12.8 Å². The third-order valence-electron chi connectivity index (χ3n) is 5.92. The Kier molecular flexibility index (Phi) is 4.77. The Morgan fingerprint density at radius 1 is 1.00 bits per heavy atom. The molecule has 2 fully saturated rings. The predicted molar refractivity (Wildman–Crippen MR) is 108 cm³/mol. The summed E-state index contributed by atoms with van der Waals surface area (Å²) in [4.78, 5) is 31.6. The normalized spacial score (nSPS) is 18.4. The summed E-state index contributed by atoms with van der Waals surface area (Å²) in [6.07, 6.45) is 4.63. The Hall–Kier alpha value is -2.56. The van der Waals surface area contributed by atoms with Crippen molar-refractivity contribution in [2.24, 2.45) is 0 Å². The molecule has 2 aromatic carbocycles. The molecule has 1 aliphatic heterocycles. The van der Waals surface area contributed by atoms with Crippen LogP contribution in [0.4, 0.5) is 5.69 Å². The Bertz CT molecular complexity index is 871. The second-order valence-electron chi connectivity index (χ2n) is 7.82. The first-order valence-electron chi connectivity index (χ1n) is 9.84. The summed E-state index contributed by atoms with van der Waals surface area (Å²) in [6, 6.07) is 12.3. The van der Waals surface area contributed by atoms with Crippen molar-refractivity contribution in [1.29, 1.82) is 0 Å². The molecule has 1 saturated carbocycles. The maximum Gasteiger partial charge on any atom is 0.255 e. The number of fused-ring (bicyclic) bond motifs is 1. The maximum absolute atomic E-state index is 13.2. The fourth-order valence-electron chi connectivity index (χ4n) is 4.49. The summed E-state index contributed by atoms with van der Waals surface area (Å²) in [5.41, 5.74) is 1.77. The molecule has 5 heteroatoms. The largest absolute Gasteiger partial charge is 0.377 e. The van der Waals surface area contributed by atoms with Crippen LogP contribution in [0.15, 0.2) is 36.4 Å². The minimum atomic E-state index is -0.0454. The van der Waals surface area contributed by atoms with Gasteiger partial charge >= 0.3 is 0 Å². The molecule has 0 radical (unpaired) electrons. The molecule has 1 aliphatic carbocycles. The molecule has 4 rings (SSSR count). The second kappa shape index (κ2) is 7.22. The van der Waals surface area contributed by atoms with Crippen LogP contribution in [-0.4, -0.2) is 61.4 Å². The summed E-state index contributed by atoms with van der Waals surface area (Å²) >= 11 is 0. The van der Waals surface area contributed by atoms with E-state index in [0.29, 0.717) is 24.7 Å². The number of hydrogen-bond acceptors (Lipinski definition) is 3. The fourth-order valence-corrected chi connectivity index (χ4v) is 4.49. The fraction of sp³-hybridized carbons (Fsp3) is 0.455. The Labute approximate surface area is 160 Å². The molecule has 2 amide bonds. The zero-order valence-corrected chi connectivity index (χ0v) is 16.1. The SMILES string of the molecule is CN(C)c1ccc(C(=O)N2CCN(C3CCCC3)C(=O)C2)c2ccccc12. The van der Waals surface area contributed by atoms with E-state index in [9.17, 15) is 9.59 Å². The van der Waals surface area contributed by atoms with Crippen molar-refractivity contribution >= 4 is 28.3 Å². The number of piperazine rings is 1. The number of carbonyl (C=O) groups is 2. The predicted octanol–water partition coefficient (Wildman–Crippen LogP) is 3.13. The first-order chi connectivity index (χ1) is 13.1. The monoisotopic (exact) mass is 365 g/mol. The number of anilines is 1. The van der Waals surface area contributed by atoms with Gasteiger partial charge in [0.15, 0.2) is 0 Å². The van der Waals surface area contributed by atoms with Gasteiger partial charge in [-0.1, -0.05) is 37.1 Å². The molecule has 142 valence electrons. The molecule has 0 spiro atoms. The lowest BCUT2D eigenvalue weighted by atomic mass is 10.0. The van der Waals surface area contributed by atoms with Gasteiger partial charge in [-0.2, -0.15) is 0 Å². The van der Waals surface area contributed by atoms with E-state index >= 15 is 0 Å². The first kappa shape index (κ1) is 17.8. The van der Waals surface area contributed by atoms with Gasteiger partial charge in [0, 0.05) is 49.9 Å². The molecule has 27 heavy (non-hydrogen) atoms. The van der Waals surface area contributed by atoms with E-state index in [0.717, 1.165) is 29.3 Å². The second-order valence-corrected chi connectivity index (χ2v) is 7.82. The van der Waals surface area contributed by atoms with Crippen molar-refractivity contribution in [3.63, 3.8) is 0 Å². The van der Waals surface area contributed by atoms with Gasteiger partial charge in [0.2, 0.25) is 5.91 Å². The average molecular weight is 365 g/mol. The average Bonchev–Trinajstić information content (AvgIpc) is 3.20. The van der Waals surface area contributed by atoms with Gasteiger partial charge in [-0.25, -0.2) is 0 Å². The number of carbonyl (C=O) groups excluding carboxylic acids is 2. The van der Waals surface area contributed by atoms with Crippen molar-refractivity contribution in [3.05, 3.63) is 42.0 Å². The van der Waals surface area contributed by atoms with Crippen LogP contribution in [0.2, 0.25) is 0 Å². The van der Waals surface area contributed by atoms with Crippen molar-refractivity contribution < 1.29 is 9.59 Å². The number of rotatable bonds is 3. The minimum absolute atomic E-state index is 0.0454. The van der Waals surface area contributed by atoms with Gasteiger partial charge in [0.05, 0.1) is 0 Å². The minimum Gasteiger partial charge on any atom is -0.377 e. The van der Waals surface area contributed by atoms with Gasteiger partial charge in [-0.15, -0.1) is 0 Å². The molecule has 1 heterocycles. The smallest absolute Gasteiger partial charge is 0.255 e. The molecular formula is C22H27N3O2. The van der Waals surface area contributed by atoms with Gasteiger partial charge in [0.1, 0.15) is 6.54 Å². The molecule has 0 bridgehead atoms. The highest BCUT2D eigenvalue weighted by Crippen LogP contribution is 2.30. The zero-order valence-electron chi connectivity index (χ0n) is 16.1. The summed E-state index contributed by atoms with van der Waals surface area (Å²) in [6.45, 7) is 1.47. The molecular weight excluding hydrogens is 338 g/mol. The quantitative estimate of drug-likeness (QED) is 0.839. The van der Waals surface area contributed by atoms with Gasteiger partial charge in [-0.05, 0) is 30.4 Å². The van der Waals surface area contributed by atoms with E-state index in [-0.39, 0.29) is 18.4 Å². The Balaban J connectivity index is 1.59. The number of benzene rings is 2. The van der Waals surface area contributed by atoms with Crippen LogP contribution >= 0.6 is 0 Å². The van der Waals surface area contributed by atoms with Crippen LogP contribution in [0, 0.1) is 0 Å². The van der Waals surface area contributed by atoms with Gasteiger partial charge in [0.25, 0.3) is 5.91 Å². The van der Waals surface area contributed by atoms with E-state index in [1.807, 2.05) is 55.4 Å². The van der Waals surface area contributed by atoms with E-state index in [1.54, 1.807) is 4.90 Å².